The monoisotopic (exact) mass is 279 g/mol. The summed E-state index contributed by atoms with van der Waals surface area (Å²) in [5.41, 5.74) is 0.283. The van der Waals surface area contributed by atoms with E-state index in [1.165, 1.54) is 13.2 Å². The minimum atomic E-state index is -0.441. The van der Waals surface area contributed by atoms with Crippen LogP contribution in [0.15, 0.2) is 22.6 Å². The van der Waals surface area contributed by atoms with Gasteiger partial charge in [-0.1, -0.05) is 6.92 Å². The molecule has 0 bridgehead atoms. The number of ether oxygens (including phenoxy) is 1. The van der Waals surface area contributed by atoms with Crippen molar-refractivity contribution < 1.29 is 13.5 Å². The van der Waals surface area contributed by atoms with Gasteiger partial charge < -0.3 is 14.5 Å². The second kappa shape index (κ2) is 7.00. The number of nitrogens with one attached hydrogen (secondary N) is 1. The zero-order valence-electron chi connectivity index (χ0n) is 11.6. The van der Waals surface area contributed by atoms with Gasteiger partial charge in [-0.15, -0.1) is 10.2 Å². The van der Waals surface area contributed by atoms with E-state index >= 15 is 0 Å². The van der Waals surface area contributed by atoms with E-state index in [9.17, 15) is 4.39 Å². The van der Waals surface area contributed by atoms with Crippen molar-refractivity contribution in [3.8, 4) is 17.2 Å². The molecule has 0 saturated heterocycles. The number of rotatable bonds is 7. The van der Waals surface area contributed by atoms with Gasteiger partial charge in [0.1, 0.15) is 11.6 Å². The minimum absolute atomic E-state index is 0.190. The van der Waals surface area contributed by atoms with E-state index in [1.54, 1.807) is 12.1 Å². The first-order valence-corrected chi connectivity index (χ1v) is 6.61. The smallest absolute Gasteiger partial charge is 0.250 e. The molecule has 20 heavy (non-hydrogen) atoms. The van der Waals surface area contributed by atoms with Crippen LogP contribution in [0.3, 0.4) is 0 Å². The summed E-state index contributed by atoms with van der Waals surface area (Å²) in [6, 6.07) is 4.52. The molecule has 2 aromatic rings. The van der Waals surface area contributed by atoms with Crippen molar-refractivity contribution in [1.82, 2.24) is 15.5 Å². The van der Waals surface area contributed by atoms with Gasteiger partial charge in [0.05, 0.1) is 12.7 Å². The van der Waals surface area contributed by atoms with Gasteiger partial charge in [-0.2, -0.15) is 0 Å². The normalized spacial score (nSPS) is 10.8. The molecule has 1 aromatic carbocycles. The van der Waals surface area contributed by atoms with Gasteiger partial charge in [0, 0.05) is 19.0 Å². The molecule has 2 rings (SSSR count). The highest BCUT2D eigenvalue weighted by Gasteiger charge is 2.13. The van der Waals surface area contributed by atoms with Crippen molar-refractivity contribution in [2.75, 3.05) is 20.2 Å². The predicted octanol–water partition coefficient (Wildman–Crippen LogP) is 2.43. The highest BCUT2D eigenvalue weighted by Crippen LogP contribution is 2.25. The maximum Gasteiger partial charge on any atom is 0.250 e. The summed E-state index contributed by atoms with van der Waals surface area (Å²) < 4.78 is 24.3. The Balaban J connectivity index is 2.04. The van der Waals surface area contributed by atoms with Crippen LogP contribution >= 0.6 is 0 Å². The largest absolute Gasteiger partial charge is 0.497 e. The van der Waals surface area contributed by atoms with E-state index in [0.717, 1.165) is 19.5 Å². The van der Waals surface area contributed by atoms with Crippen LogP contribution in [0.4, 0.5) is 4.39 Å². The molecule has 0 saturated carbocycles. The Bertz CT molecular complexity index is 557. The van der Waals surface area contributed by atoms with Crippen LogP contribution in [0.2, 0.25) is 0 Å². The third-order valence-electron chi connectivity index (χ3n) is 2.82. The average molecular weight is 279 g/mol. The Kier molecular flexibility index (Phi) is 5.06. The first-order chi connectivity index (χ1) is 9.74. The fourth-order valence-electron chi connectivity index (χ4n) is 1.76. The molecule has 0 aliphatic rings. The molecule has 1 aromatic heterocycles. The molecule has 1 heterocycles. The average Bonchev–Trinajstić information content (AvgIpc) is 2.92. The molecule has 0 aliphatic carbocycles. The maximum absolute atomic E-state index is 13.9. The lowest BCUT2D eigenvalue weighted by molar-refractivity contribution is 0.411. The lowest BCUT2D eigenvalue weighted by Gasteiger charge is -2.02. The van der Waals surface area contributed by atoms with Gasteiger partial charge in [-0.25, -0.2) is 4.39 Å². The molecule has 0 aliphatic heterocycles. The third-order valence-corrected chi connectivity index (χ3v) is 2.82. The van der Waals surface area contributed by atoms with Crippen molar-refractivity contribution >= 4 is 0 Å². The Morgan fingerprint density at radius 3 is 2.85 bits per heavy atom. The Hall–Kier alpha value is -1.95. The molecule has 0 atom stereocenters. The number of nitrogens with zero attached hydrogens (tertiary/aromatic N) is 2. The number of halogens is 1. The van der Waals surface area contributed by atoms with Crippen LogP contribution in [-0.4, -0.2) is 30.4 Å². The van der Waals surface area contributed by atoms with Gasteiger partial charge >= 0.3 is 0 Å². The second-order valence-corrected chi connectivity index (χ2v) is 4.35. The molecule has 5 nitrogen and oxygen atoms in total. The van der Waals surface area contributed by atoms with Gasteiger partial charge in [0.25, 0.3) is 5.89 Å². The summed E-state index contributed by atoms with van der Waals surface area (Å²) >= 11 is 0. The fraction of sp³-hybridized carbons (Fsp3) is 0.429. The van der Waals surface area contributed by atoms with Crippen LogP contribution in [0, 0.1) is 5.82 Å². The summed E-state index contributed by atoms with van der Waals surface area (Å²) in [5, 5.41) is 11.0. The highest BCUT2D eigenvalue weighted by atomic mass is 19.1. The first kappa shape index (κ1) is 14.5. The molecule has 0 unspecified atom stereocenters. The maximum atomic E-state index is 13.9. The summed E-state index contributed by atoms with van der Waals surface area (Å²) in [6.45, 7) is 3.82. The highest BCUT2D eigenvalue weighted by molar-refractivity contribution is 5.55. The lowest BCUT2D eigenvalue weighted by atomic mass is 10.2. The SMILES string of the molecule is CCCNCCc1nnc(-c2ccc(OC)cc2F)o1. The zero-order chi connectivity index (χ0) is 14.4. The lowest BCUT2D eigenvalue weighted by Crippen LogP contribution is -2.17. The summed E-state index contributed by atoms with van der Waals surface area (Å²) in [7, 11) is 1.49. The van der Waals surface area contributed by atoms with Crippen LogP contribution in [0.5, 0.6) is 5.75 Å². The Labute approximate surface area is 117 Å². The molecule has 0 radical (unpaired) electrons. The van der Waals surface area contributed by atoms with Crippen molar-refractivity contribution in [2.24, 2.45) is 0 Å². The summed E-state index contributed by atoms with van der Waals surface area (Å²) in [6.07, 6.45) is 1.71. The van der Waals surface area contributed by atoms with Crippen molar-refractivity contribution in [2.45, 2.75) is 19.8 Å². The van der Waals surface area contributed by atoms with E-state index in [-0.39, 0.29) is 11.5 Å². The van der Waals surface area contributed by atoms with E-state index < -0.39 is 5.82 Å². The molecular formula is C14H18FN3O2. The quantitative estimate of drug-likeness (QED) is 0.789. The number of benzene rings is 1. The fourth-order valence-corrected chi connectivity index (χ4v) is 1.76. The Morgan fingerprint density at radius 2 is 2.15 bits per heavy atom. The van der Waals surface area contributed by atoms with Crippen molar-refractivity contribution in [1.29, 1.82) is 0 Å². The van der Waals surface area contributed by atoms with Crippen molar-refractivity contribution in [3.05, 3.63) is 29.9 Å². The summed E-state index contributed by atoms with van der Waals surface area (Å²) in [5.74, 6) is 0.702. The third kappa shape index (κ3) is 3.54. The minimum Gasteiger partial charge on any atom is -0.497 e. The van der Waals surface area contributed by atoms with Crippen molar-refractivity contribution in [3.63, 3.8) is 0 Å². The van der Waals surface area contributed by atoms with Crippen LogP contribution < -0.4 is 10.1 Å². The van der Waals surface area contributed by atoms with Gasteiger partial charge in [-0.05, 0) is 25.1 Å². The zero-order valence-corrected chi connectivity index (χ0v) is 11.6. The number of methoxy groups -OCH3 is 1. The number of hydrogen-bond acceptors (Lipinski definition) is 5. The molecular weight excluding hydrogens is 261 g/mol. The molecule has 0 amide bonds. The van der Waals surface area contributed by atoms with E-state index in [1.807, 2.05) is 0 Å². The van der Waals surface area contributed by atoms with Crippen LogP contribution in [-0.2, 0) is 6.42 Å². The van der Waals surface area contributed by atoms with E-state index in [4.69, 9.17) is 9.15 Å². The molecule has 108 valence electrons. The topological polar surface area (TPSA) is 60.2 Å². The van der Waals surface area contributed by atoms with Crippen LogP contribution in [0.25, 0.3) is 11.5 Å². The van der Waals surface area contributed by atoms with Gasteiger partial charge in [0.15, 0.2) is 0 Å². The molecule has 6 heteroatoms. The predicted molar refractivity (Wildman–Crippen MR) is 73.1 cm³/mol. The van der Waals surface area contributed by atoms with Crippen LogP contribution in [0.1, 0.15) is 19.2 Å². The second-order valence-electron chi connectivity index (χ2n) is 4.35. The summed E-state index contributed by atoms with van der Waals surface area (Å²) in [4.78, 5) is 0. The number of hydrogen-bond donors (Lipinski definition) is 1. The first-order valence-electron chi connectivity index (χ1n) is 6.61. The van der Waals surface area contributed by atoms with E-state index in [0.29, 0.717) is 18.1 Å². The molecule has 0 spiro atoms. The Morgan fingerprint density at radius 1 is 1.30 bits per heavy atom. The molecule has 1 N–H and O–H groups in total. The van der Waals surface area contributed by atoms with Gasteiger partial charge in [-0.3, -0.25) is 0 Å². The standard InChI is InChI=1S/C14H18FN3O2/c1-3-7-16-8-6-13-17-18-14(20-13)11-5-4-10(19-2)9-12(11)15/h4-5,9,16H,3,6-8H2,1-2H3. The number of aromatic nitrogens is 2. The molecule has 0 fully saturated rings. The van der Waals surface area contributed by atoms with E-state index in [2.05, 4.69) is 22.4 Å². The van der Waals surface area contributed by atoms with Gasteiger partial charge in [0.2, 0.25) is 5.89 Å².